The van der Waals surface area contributed by atoms with Crippen LogP contribution < -0.4 is 16.0 Å². The van der Waals surface area contributed by atoms with E-state index in [9.17, 15) is 14.0 Å². The van der Waals surface area contributed by atoms with Gasteiger partial charge in [0.2, 0.25) is 5.91 Å². The van der Waals surface area contributed by atoms with E-state index in [0.29, 0.717) is 19.4 Å². The van der Waals surface area contributed by atoms with Gasteiger partial charge in [-0.1, -0.05) is 12.1 Å². The number of amides is 3. The molecule has 3 N–H and O–H groups in total. The van der Waals surface area contributed by atoms with E-state index in [4.69, 9.17) is 4.74 Å². The van der Waals surface area contributed by atoms with Crippen LogP contribution in [0.1, 0.15) is 44.2 Å². The lowest BCUT2D eigenvalue weighted by atomic mass is 9.92. The van der Waals surface area contributed by atoms with E-state index in [-0.39, 0.29) is 42.0 Å². The third-order valence-corrected chi connectivity index (χ3v) is 4.84. The maximum absolute atomic E-state index is 13.0. The summed E-state index contributed by atoms with van der Waals surface area (Å²) in [6, 6.07) is 5.12. The molecule has 0 saturated carbocycles. The molecule has 25 heavy (non-hydrogen) atoms. The molecule has 2 aliphatic heterocycles. The van der Waals surface area contributed by atoms with Crippen molar-refractivity contribution in [1.29, 1.82) is 0 Å². The minimum Gasteiger partial charge on any atom is -0.376 e. The van der Waals surface area contributed by atoms with Gasteiger partial charge in [0.15, 0.2) is 0 Å². The topological polar surface area (TPSA) is 79.5 Å². The first-order valence-electron chi connectivity index (χ1n) is 8.76. The van der Waals surface area contributed by atoms with E-state index in [2.05, 4.69) is 16.0 Å². The van der Waals surface area contributed by atoms with Crippen LogP contribution in [0.5, 0.6) is 0 Å². The number of hydrogen-bond acceptors (Lipinski definition) is 3. The highest BCUT2D eigenvalue weighted by Gasteiger charge is 2.37. The molecule has 2 saturated heterocycles. The van der Waals surface area contributed by atoms with Gasteiger partial charge in [0.25, 0.3) is 0 Å². The molecule has 6 nitrogen and oxygen atoms in total. The summed E-state index contributed by atoms with van der Waals surface area (Å²) in [7, 11) is 0. The van der Waals surface area contributed by atoms with Crippen molar-refractivity contribution in [2.75, 3.05) is 6.61 Å². The molecule has 1 aromatic carbocycles. The van der Waals surface area contributed by atoms with Crippen LogP contribution in [0.25, 0.3) is 0 Å². The SMILES string of the molecule is C[C@@H](NC(=O)N[C@@H]1CCC(=O)N[C@H]1C1CCCO1)c1ccc(F)cc1. The van der Waals surface area contributed by atoms with Gasteiger partial charge in [-0.2, -0.15) is 0 Å². The number of nitrogens with one attached hydrogen (secondary N) is 3. The van der Waals surface area contributed by atoms with Crippen LogP contribution in [-0.2, 0) is 9.53 Å². The van der Waals surface area contributed by atoms with Crippen molar-refractivity contribution in [3.05, 3.63) is 35.6 Å². The van der Waals surface area contributed by atoms with E-state index in [1.165, 1.54) is 12.1 Å². The van der Waals surface area contributed by atoms with E-state index in [0.717, 1.165) is 18.4 Å². The monoisotopic (exact) mass is 349 g/mol. The van der Waals surface area contributed by atoms with Gasteiger partial charge in [-0.05, 0) is 43.9 Å². The Morgan fingerprint density at radius 2 is 2.08 bits per heavy atom. The van der Waals surface area contributed by atoms with Gasteiger partial charge in [-0.25, -0.2) is 9.18 Å². The van der Waals surface area contributed by atoms with Crippen molar-refractivity contribution in [2.45, 2.75) is 56.8 Å². The van der Waals surface area contributed by atoms with Gasteiger partial charge in [0, 0.05) is 13.0 Å². The average molecular weight is 349 g/mol. The van der Waals surface area contributed by atoms with Crippen molar-refractivity contribution in [2.24, 2.45) is 0 Å². The molecule has 1 unspecified atom stereocenters. The molecule has 1 aromatic rings. The highest BCUT2D eigenvalue weighted by Crippen LogP contribution is 2.22. The predicted molar refractivity (Wildman–Crippen MR) is 90.4 cm³/mol. The lowest BCUT2D eigenvalue weighted by Crippen LogP contribution is -2.61. The summed E-state index contributed by atoms with van der Waals surface area (Å²) in [4.78, 5) is 24.1. The molecule has 7 heteroatoms. The molecule has 0 spiro atoms. The fourth-order valence-electron chi connectivity index (χ4n) is 3.47. The smallest absolute Gasteiger partial charge is 0.315 e. The van der Waals surface area contributed by atoms with Crippen molar-refractivity contribution in [3.63, 3.8) is 0 Å². The van der Waals surface area contributed by atoms with Gasteiger partial charge in [-0.3, -0.25) is 4.79 Å². The summed E-state index contributed by atoms with van der Waals surface area (Å²) in [6.07, 6.45) is 2.79. The van der Waals surface area contributed by atoms with Crippen LogP contribution in [-0.4, -0.2) is 36.7 Å². The van der Waals surface area contributed by atoms with Crippen molar-refractivity contribution in [3.8, 4) is 0 Å². The van der Waals surface area contributed by atoms with E-state index in [1.54, 1.807) is 12.1 Å². The summed E-state index contributed by atoms with van der Waals surface area (Å²) in [5, 5.41) is 8.78. The summed E-state index contributed by atoms with van der Waals surface area (Å²) < 4.78 is 18.7. The number of carbonyl (C=O) groups excluding carboxylic acids is 2. The molecule has 2 aliphatic rings. The number of benzene rings is 1. The molecule has 2 heterocycles. The molecule has 3 rings (SSSR count). The number of urea groups is 1. The van der Waals surface area contributed by atoms with E-state index in [1.807, 2.05) is 6.92 Å². The molecule has 2 fully saturated rings. The first-order chi connectivity index (χ1) is 12.0. The minimum atomic E-state index is -0.308. The Morgan fingerprint density at radius 1 is 1.32 bits per heavy atom. The highest BCUT2D eigenvalue weighted by atomic mass is 19.1. The zero-order chi connectivity index (χ0) is 17.8. The van der Waals surface area contributed by atoms with Crippen LogP contribution in [0, 0.1) is 5.82 Å². The molecule has 0 aliphatic carbocycles. The molecular weight excluding hydrogens is 325 g/mol. The fraction of sp³-hybridized carbons (Fsp3) is 0.556. The number of carbonyl (C=O) groups is 2. The first kappa shape index (κ1) is 17.7. The second kappa shape index (κ2) is 7.82. The van der Waals surface area contributed by atoms with Crippen LogP contribution in [0.2, 0.25) is 0 Å². The number of hydrogen-bond donors (Lipinski definition) is 3. The predicted octanol–water partition coefficient (Wildman–Crippen LogP) is 2.01. The normalized spacial score (nSPS) is 27.4. The summed E-state index contributed by atoms with van der Waals surface area (Å²) in [5.74, 6) is -0.309. The lowest BCUT2D eigenvalue weighted by molar-refractivity contribution is -0.125. The Balaban J connectivity index is 1.58. The van der Waals surface area contributed by atoms with Gasteiger partial charge in [0.1, 0.15) is 5.82 Å². The standard InChI is InChI=1S/C18H24FN3O3/c1-11(12-4-6-13(19)7-5-12)20-18(24)21-14-8-9-16(23)22-17(14)15-3-2-10-25-15/h4-7,11,14-15,17H,2-3,8-10H2,1H3,(H,22,23)(H2,20,21,24)/t11-,14-,15?,17-/m1/s1. The molecule has 0 aromatic heterocycles. The average Bonchev–Trinajstić information content (AvgIpc) is 3.11. The van der Waals surface area contributed by atoms with E-state index < -0.39 is 0 Å². The van der Waals surface area contributed by atoms with Crippen LogP contribution in [0.15, 0.2) is 24.3 Å². The van der Waals surface area contributed by atoms with Crippen molar-refractivity contribution in [1.82, 2.24) is 16.0 Å². The summed E-state index contributed by atoms with van der Waals surface area (Å²) >= 11 is 0. The van der Waals surface area contributed by atoms with Crippen LogP contribution >= 0.6 is 0 Å². The van der Waals surface area contributed by atoms with E-state index >= 15 is 0 Å². The third-order valence-electron chi connectivity index (χ3n) is 4.84. The van der Waals surface area contributed by atoms with Crippen LogP contribution in [0.3, 0.4) is 0 Å². The Kier molecular flexibility index (Phi) is 5.53. The molecular formula is C18H24FN3O3. The second-order valence-corrected chi connectivity index (χ2v) is 6.68. The maximum atomic E-state index is 13.0. The quantitative estimate of drug-likeness (QED) is 0.778. The van der Waals surface area contributed by atoms with Crippen molar-refractivity contribution < 1.29 is 18.7 Å². The number of piperidine rings is 1. The first-order valence-corrected chi connectivity index (χ1v) is 8.76. The van der Waals surface area contributed by atoms with Gasteiger partial charge >= 0.3 is 6.03 Å². The van der Waals surface area contributed by atoms with Gasteiger partial charge in [0.05, 0.1) is 24.2 Å². The Labute approximate surface area is 146 Å². The fourth-order valence-corrected chi connectivity index (χ4v) is 3.47. The second-order valence-electron chi connectivity index (χ2n) is 6.68. The zero-order valence-electron chi connectivity index (χ0n) is 14.3. The Hall–Kier alpha value is -2.15. The van der Waals surface area contributed by atoms with Gasteiger partial charge < -0.3 is 20.7 Å². The molecule has 3 amide bonds. The third kappa shape index (κ3) is 4.48. The maximum Gasteiger partial charge on any atom is 0.315 e. The number of rotatable bonds is 4. The largest absolute Gasteiger partial charge is 0.376 e. The van der Waals surface area contributed by atoms with Gasteiger partial charge in [-0.15, -0.1) is 0 Å². The minimum absolute atomic E-state index is 0.00126. The summed E-state index contributed by atoms with van der Waals surface area (Å²) in [5.41, 5.74) is 0.823. The number of ether oxygens (including phenoxy) is 1. The Morgan fingerprint density at radius 3 is 2.76 bits per heavy atom. The lowest BCUT2D eigenvalue weighted by Gasteiger charge is -2.36. The number of halogens is 1. The highest BCUT2D eigenvalue weighted by molar-refractivity contribution is 5.79. The summed E-state index contributed by atoms with van der Waals surface area (Å²) in [6.45, 7) is 2.53. The van der Waals surface area contributed by atoms with Crippen molar-refractivity contribution >= 4 is 11.9 Å². The molecule has 4 atom stereocenters. The molecule has 0 bridgehead atoms. The van der Waals surface area contributed by atoms with Crippen LogP contribution in [0.4, 0.5) is 9.18 Å². The Bertz CT molecular complexity index is 616. The zero-order valence-corrected chi connectivity index (χ0v) is 14.3. The molecule has 136 valence electrons. The molecule has 0 radical (unpaired) electrons.